The first-order valence-electron chi connectivity index (χ1n) is 10.2. The second-order valence-electron chi connectivity index (χ2n) is 7.93. The van der Waals surface area contributed by atoms with Gasteiger partial charge in [-0.05, 0) is 39.0 Å². The van der Waals surface area contributed by atoms with Gasteiger partial charge in [0.2, 0.25) is 0 Å². The number of benzene rings is 1. The summed E-state index contributed by atoms with van der Waals surface area (Å²) in [7, 11) is 1.65. The van der Waals surface area contributed by atoms with E-state index in [1.54, 1.807) is 53.5 Å². The van der Waals surface area contributed by atoms with Crippen molar-refractivity contribution in [2.75, 3.05) is 7.05 Å². The van der Waals surface area contributed by atoms with E-state index in [9.17, 15) is 14.9 Å². The maximum absolute atomic E-state index is 13.5. The van der Waals surface area contributed by atoms with Crippen molar-refractivity contribution in [1.82, 2.24) is 19.7 Å². The van der Waals surface area contributed by atoms with Crippen molar-refractivity contribution in [2.45, 2.75) is 33.4 Å². The van der Waals surface area contributed by atoms with Crippen LogP contribution in [0.1, 0.15) is 40.7 Å². The summed E-state index contributed by atoms with van der Waals surface area (Å²) in [5, 5.41) is 16.5. The minimum absolute atomic E-state index is 0.00518. The van der Waals surface area contributed by atoms with Crippen molar-refractivity contribution in [2.24, 2.45) is 0 Å². The highest BCUT2D eigenvalue weighted by atomic mass is 32.1. The normalized spacial score (nSPS) is 11.3. The lowest BCUT2D eigenvalue weighted by Gasteiger charge is -2.18. The van der Waals surface area contributed by atoms with Gasteiger partial charge < -0.3 is 4.90 Å². The Bertz CT molecular complexity index is 1320. The molecule has 1 aromatic carbocycles. The first-order valence-corrected chi connectivity index (χ1v) is 11.0. The fraction of sp³-hybridized carbons (Fsp3) is 0.261. The van der Waals surface area contributed by atoms with Crippen LogP contribution in [-0.4, -0.2) is 37.5 Å². The number of aryl methyl sites for hydroxylation is 1. The Balaban J connectivity index is 1.79. The molecular weight excluding hydrogens is 426 g/mol. The predicted molar refractivity (Wildman–Crippen MR) is 125 cm³/mol. The molecule has 8 nitrogen and oxygen atoms in total. The van der Waals surface area contributed by atoms with Crippen LogP contribution in [0.3, 0.4) is 0 Å². The number of carbonyl (C=O) groups is 1. The molecule has 3 heterocycles. The van der Waals surface area contributed by atoms with Crippen LogP contribution >= 0.6 is 11.3 Å². The van der Waals surface area contributed by atoms with Crippen LogP contribution in [0.5, 0.6) is 0 Å². The van der Waals surface area contributed by atoms with Crippen molar-refractivity contribution in [3.8, 4) is 10.6 Å². The van der Waals surface area contributed by atoms with E-state index < -0.39 is 4.92 Å². The van der Waals surface area contributed by atoms with Crippen molar-refractivity contribution in [3.63, 3.8) is 0 Å². The zero-order chi connectivity index (χ0) is 23.0. The quantitative estimate of drug-likeness (QED) is 0.297. The standard InChI is InChI=1S/C23H23N5O3S/c1-14(2)27-22-18(12-24-27)17(11-19(25-22)21-10-9-15(3)32-21)23(29)26(4)13-16-7-5-6-8-20(16)28(30)31/h5-12,14H,13H2,1-4H3. The number of amides is 1. The van der Waals surface area contributed by atoms with Crippen LogP contribution in [-0.2, 0) is 6.54 Å². The Morgan fingerprint density at radius 1 is 1.25 bits per heavy atom. The first kappa shape index (κ1) is 21.6. The fourth-order valence-electron chi connectivity index (χ4n) is 3.63. The Morgan fingerprint density at radius 3 is 2.66 bits per heavy atom. The number of thiophene rings is 1. The number of nitro groups is 1. The van der Waals surface area contributed by atoms with Gasteiger partial charge in [0.25, 0.3) is 11.6 Å². The summed E-state index contributed by atoms with van der Waals surface area (Å²) >= 11 is 1.61. The molecule has 0 saturated carbocycles. The van der Waals surface area contributed by atoms with E-state index in [0.29, 0.717) is 27.9 Å². The molecule has 4 aromatic rings. The Hall–Kier alpha value is -3.59. The molecule has 164 valence electrons. The summed E-state index contributed by atoms with van der Waals surface area (Å²) in [5.74, 6) is -0.242. The summed E-state index contributed by atoms with van der Waals surface area (Å²) in [6, 6.07) is 12.3. The Morgan fingerprint density at radius 2 is 2.00 bits per heavy atom. The third kappa shape index (κ3) is 3.99. The van der Waals surface area contributed by atoms with Gasteiger partial charge in [0, 0.05) is 29.6 Å². The molecule has 32 heavy (non-hydrogen) atoms. The van der Waals surface area contributed by atoms with E-state index in [-0.39, 0.29) is 24.2 Å². The fourth-order valence-corrected chi connectivity index (χ4v) is 4.46. The van der Waals surface area contributed by atoms with Crippen LogP contribution in [0.4, 0.5) is 5.69 Å². The maximum Gasteiger partial charge on any atom is 0.274 e. The number of carbonyl (C=O) groups excluding carboxylic acids is 1. The van der Waals surface area contributed by atoms with E-state index in [1.807, 2.05) is 32.9 Å². The number of nitro benzene ring substituents is 1. The molecule has 0 aliphatic carbocycles. The summed E-state index contributed by atoms with van der Waals surface area (Å²) in [6.45, 7) is 6.17. The topological polar surface area (TPSA) is 94.2 Å². The van der Waals surface area contributed by atoms with Crippen LogP contribution in [0.2, 0.25) is 0 Å². The number of pyridine rings is 1. The zero-order valence-corrected chi connectivity index (χ0v) is 19.1. The number of aromatic nitrogens is 3. The number of hydrogen-bond donors (Lipinski definition) is 0. The third-order valence-electron chi connectivity index (χ3n) is 5.22. The van der Waals surface area contributed by atoms with E-state index in [2.05, 4.69) is 5.10 Å². The molecule has 3 aromatic heterocycles. The zero-order valence-electron chi connectivity index (χ0n) is 18.3. The van der Waals surface area contributed by atoms with Crippen molar-refractivity contribution < 1.29 is 9.72 Å². The van der Waals surface area contributed by atoms with Gasteiger partial charge in [-0.25, -0.2) is 9.67 Å². The molecular formula is C23H23N5O3S. The minimum atomic E-state index is -0.428. The molecule has 1 amide bonds. The minimum Gasteiger partial charge on any atom is -0.337 e. The highest BCUT2D eigenvalue weighted by Crippen LogP contribution is 2.31. The molecule has 0 fully saturated rings. The monoisotopic (exact) mass is 449 g/mol. The molecule has 9 heteroatoms. The number of para-hydroxylation sites is 1. The summed E-state index contributed by atoms with van der Waals surface area (Å²) < 4.78 is 1.80. The Labute approximate surface area is 189 Å². The first-order chi connectivity index (χ1) is 15.3. The highest BCUT2D eigenvalue weighted by Gasteiger charge is 2.23. The van der Waals surface area contributed by atoms with Gasteiger partial charge in [-0.1, -0.05) is 18.2 Å². The van der Waals surface area contributed by atoms with Gasteiger partial charge in [-0.2, -0.15) is 5.10 Å². The molecule has 0 bridgehead atoms. The van der Waals surface area contributed by atoms with Gasteiger partial charge in [0.1, 0.15) is 0 Å². The molecule has 0 atom stereocenters. The molecule has 0 radical (unpaired) electrons. The largest absolute Gasteiger partial charge is 0.337 e. The second-order valence-corrected chi connectivity index (χ2v) is 9.22. The maximum atomic E-state index is 13.5. The van der Waals surface area contributed by atoms with Crippen LogP contribution in [0.15, 0.2) is 48.7 Å². The van der Waals surface area contributed by atoms with Gasteiger partial charge >= 0.3 is 0 Å². The van der Waals surface area contributed by atoms with Crippen molar-refractivity contribution in [3.05, 3.63) is 74.8 Å². The summed E-state index contributed by atoms with van der Waals surface area (Å²) in [5.41, 5.74) is 2.30. The molecule has 0 spiro atoms. The molecule has 0 unspecified atom stereocenters. The number of nitrogens with zero attached hydrogens (tertiary/aromatic N) is 5. The van der Waals surface area contributed by atoms with Crippen LogP contribution in [0.25, 0.3) is 21.6 Å². The Kier molecular flexibility index (Phi) is 5.75. The van der Waals surface area contributed by atoms with E-state index in [0.717, 1.165) is 9.75 Å². The lowest BCUT2D eigenvalue weighted by Crippen LogP contribution is -2.27. The predicted octanol–water partition coefficient (Wildman–Crippen LogP) is 5.23. The van der Waals surface area contributed by atoms with Gasteiger partial charge in [0.15, 0.2) is 5.65 Å². The number of fused-ring (bicyclic) bond motifs is 1. The summed E-state index contributed by atoms with van der Waals surface area (Å²) in [6.07, 6.45) is 1.66. The second kappa shape index (κ2) is 8.51. The smallest absolute Gasteiger partial charge is 0.274 e. The molecule has 0 saturated heterocycles. The summed E-state index contributed by atoms with van der Waals surface area (Å²) in [4.78, 5) is 32.9. The lowest BCUT2D eigenvalue weighted by atomic mass is 10.1. The SMILES string of the molecule is Cc1ccc(-c2cc(C(=O)N(C)Cc3ccccc3[N+](=O)[O-])c3cnn(C(C)C)c3n2)s1. The number of hydrogen-bond acceptors (Lipinski definition) is 6. The van der Waals surface area contributed by atoms with Gasteiger partial charge in [-0.15, -0.1) is 11.3 Å². The van der Waals surface area contributed by atoms with Crippen LogP contribution in [0, 0.1) is 17.0 Å². The lowest BCUT2D eigenvalue weighted by molar-refractivity contribution is -0.385. The van der Waals surface area contributed by atoms with E-state index in [1.165, 1.54) is 11.0 Å². The van der Waals surface area contributed by atoms with Gasteiger partial charge in [0.05, 0.1) is 39.2 Å². The van der Waals surface area contributed by atoms with E-state index >= 15 is 0 Å². The van der Waals surface area contributed by atoms with Crippen molar-refractivity contribution in [1.29, 1.82) is 0 Å². The van der Waals surface area contributed by atoms with Gasteiger partial charge in [-0.3, -0.25) is 14.9 Å². The average Bonchev–Trinajstić information content (AvgIpc) is 3.39. The molecule has 0 N–H and O–H groups in total. The van der Waals surface area contributed by atoms with Crippen molar-refractivity contribution >= 4 is 34.0 Å². The van der Waals surface area contributed by atoms with Crippen LogP contribution < -0.4 is 0 Å². The average molecular weight is 450 g/mol. The number of rotatable bonds is 6. The molecule has 0 aliphatic heterocycles. The highest BCUT2D eigenvalue weighted by molar-refractivity contribution is 7.15. The third-order valence-corrected chi connectivity index (χ3v) is 6.24. The molecule has 0 aliphatic rings. The van der Waals surface area contributed by atoms with E-state index in [4.69, 9.17) is 4.98 Å². The molecule has 4 rings (SSSR count).